The molecule has 0 aliphatic heterocycles. The van der Waals surface area contributed by atoms with Gasteiger partial charge in [0.2, 0.25) is 0 Å². The molecule has 0 bridgehead atoms. The maximum Gasteiger partial charge on any atom is 0.147 e. The van der Waals surface area contributed by atoms with Gasteiger partial charge in [-0.25, -0.2) is 15.0 Å². The van der Waals surface area contributed by atoms with Crippen LogP contribution in [0.5, 0.6) is 0 Å². The lowest BCUT2D eigenvalue weighted by Gasteiger charge is -2.15. The highest BCUT2D eigenvalue weighted by Gasteiger charge is 2.25. The Morgan fingerprint density at radius 2 is 0.800 bits per heavy atom. The molecule has 12 heteroatoms. The smallest absolute Gasteiger partial charge is 0.147 e. The molecule has 0 fully saturated rings. The average Bonchev–Trinajstić information content (AvgIpc) is 1.52. The summed E-state index contributed by atoms with van der Waals surface area (Å²) in [4.78, 5) is 31.3. The second-order valence-corrected chi connectivity index (χ2v) is 23.6. The lowest BCUT2D eigenvalue weighted by molar-refractivity contribution is 1.17. The van der Waals surface area contributed by atoms with Crippen molar-refractivity contribution in [2.75, 3.05) is 0 Å². The quantitative estimate of drug-likeness (QED) is 0.159. The van der Waals surface area contributed by atoms with E-state index in [0.29, 0.717) is 0 Å². The van der Waals surface area contributed by atoms with E-state index in [4.69, 9.17) is 24.9 Å². The first-order valence-corrected chi connectivity index (χ1v) is 30.2. The normalized spacial score (nSPS) is 12.4. The number of nitrogens with zero attached hydrogens (tertiary/aromatic N) is 12. The number of pyridine rings is 6. The highest BCUT2D eigenvalue weighted by Crippen LogP contribution is 2.45. The van der Waals surface area contributed by atoms with Gasteiger partial charge in [-0.15, -0.1) is 0 Å². The van der Waals surface area contributed by atoms with Crippen LogP contribution in [0.2, 0.25) is 0 Å². The first-order chi connectivity index (χ1) is 44.7. The molecule has 0 spiro atoms. The van der Waals surface area contributed by atoms with Crippen molar-refractivity contribution in [1.82, 2.24) is 56.8 Å². The molecular formula is C78H44N12. The van der Waals surface area contributed by atoms with Gasteiger partial charge in [0, 0.05) is 125 Å². The molecule has 0 amide bonds. The van der Waals surface area contributed by atoms with Gasteiger partial charge in [0.05, 0.1) is 72.9 Å². The Morgan fingerprint density at radius 3 is 1.51 bits per heavy atom. The molecule has 21 rings (SSSR count). The topological polar surface area (TPSA) is 105 Å². The van der Waals surface area contributed by atoms with Crippen LogP contribution in [0.25, 0.3) is 187 Å². The second-order valence-electron chi connectivity index (χ2n) is 23.6. The summed E-state index contributed by atoms with van der Waals surface area (Å²) in [6.07, 6.45) is 15.9. The summed E-state index contributed by atoms with van der Waals surface area (Å²) >= 11 is 0. The summed E-state index contributed by atoms with van der Waals surface area (Å²) in [5.74, 6) is 0. The van der Waals surface area contributed by atoms with Gasteiger partial charge in [-0.2, -0.15) is 0 Å². The van der Waals surface area contributed by atoms with Crippen LogP contribution in [-0.2, 0) is 0 Å². The van der Waals surface area contributed by atoms with E-state index in [1.807, 2.05) is 37.2 Å². The highest BCUT2D eigenvalue weighted by atomic mass is 15.1. The molecule has 416 valence electrons. The fraction of sp³-hybridized carbons (Fsp3) is 0. The molecule has 12 aromatic heterocycles. The van der Waals surface area contributed by atoms with Gasteiger partial charge in [-0.1, -0.05) is 121 Å². The molecule has 0 saturated heterocycles. The maximum atomic E-state index is 5.51. The molecule has 0 radical (unpaired) electrons. The SMILES string of the molecule is c1ccc(-n2c3ccccc3c3cc4c(cc32)c2cc(-c3cn5c6cc7c(cc6c6ccncc6c5n3)c3ccccc3n7-c3ccccc3)ncc2c2ncc(-c3cc5c(cn3)c3nccn3c3c5ccc5c6ccccc6n(-c6ccccc6)c53)n42)cc1. The van der Waals surface area contributed by atoms with E-state index < -0.39 is 0 Å². The van der Waals surface area contributed by atoms with Gasteiger partial charge >= 0.3 is 0 Å². The largest absolute Gasteiger partial charge is 0.309 e. The van der Waals surface area contributed by atoms with Gasteiger partial charge < -0.3 is 13.7 Å². The minimum atomic E-state index is 0.741. The van der Waals surface area contributed by atoms with Crippen molar-refractivity contribution in [2.45, 2.75) is 0 Å². The molecule has 21 aromatic rings. The Bertz CT molecular complexity index is 6710. The van der Waals surface area contributed by atoms with Crippen molar-refractivity contribution in [1.29, 1.82) is 0 Å². The summed E-state index contributed by atoms with van der Waals surface area (Å²) in [7, 11) is 0. The Labute approximate surface area is 509 Å². The Balaban J connectivity index is 0.829. The Morgan fingerprint density at radius 1 is 0.267 bits per heavy atom. The monoisotopic (exact) mass is 1150 g/mol. The summed E-state index contributed by atoms with van der Waals surface area (Å²) in [5.41, 5.74) is 18.7. The minimum absolute atomic E-state index is 0.741. The third-order valence-electron chi connectivity index (χ3n) is 19.0. The van der Waals surface area contributed by atoms with Crippen LogP contribution in [0.3, 0.4) is 0 Å². The summed E-state index contributed by atoms with van der Waals surface area (Å²) in [6.45, 7) is 0. The number of fused-ring (bicyclic) bond motifs is 28. The fourth-order valence-corrected chi connectivity index (χ4v) is 15.2. The molecule has 0 N–H and O–H groups in total. The number of rotatable bonds is 5. The van der Waals surface area contributed by atoms with Gasteiger partial charge in [0.1, 0.15) is 22.6 Å². The van der Waals surface area contributed by atoms with Crippen LogP contribution < -0.4 is 0 Å². The van der Waals surface area contributed by atoms with Crippen LogP contribution in [0.15, 0.2) is 268 Å². The van der Waals surface area contributed by atoms with E-state index in [1.165, 1.54) is 21.5 Å². The maximum absolute atomic E-state index is 5.51. The summed E-state index contributed by atoms with van der Waals surface area (Å²) in [5, 5.41) is 16.2. The number of hydrogen-bond acceptors (Lipinski definition) is 6. The van der Waals surface area contributed by atoms with Crippen molar-refractivity contribution in [2.24, 2.45) is 0 Å². The predicted molar refractivity (Wildman–Crippen MR) is 365 cm³/mol. The third-order valence-corrected chi connectivity index (χ3v) is 19.0. The van der Waals surface area contributed by atoms with Gasteiger partial charge in [0.25, 0.3) is 0 Å². The number of hydrogen-bond donors (Lipinski definition) is 0. The van der Waals surface area contributed by atoms with Crippen LogP contribution >= 0.6 is 0 Å². The van der Waals surface area contributed by atoms with Crippen LogP contribution in [0, 0.1) is 0 Å². The first-order valence-electron chi connectivity index (χ1n) is 30.2. The molecule has 0 unspecified atom stereocenters. The molecule has 0 atom stereocenters. The zero-order valence-corrected chi connectivity index (χ0v) is 47.8. The van der Waals surface area contributed by atoms with E-state index in [0.717, 1.165) is 166 Å². The number of benzene rings is 9. The van der Waals surface area contributed by atoms with Crippen LogP contribution in [0.4, 0.5) is 0 Å². The van der Waals surface area contributed by atoms with Crippen molar-refractivity contribution >= 4 is 147 Å². The van der Waals surface area contributed by atoms with Crippen LogP contribution in [-0.4, -0.2) is 56.8 Å². The van der Waals surface area contributed by atoms with Gasteiger partial charge in [-0.05, 0) is 113 Å². The average molecular weight is 1150 g/mol. The van der Waals surface area contributed by atoms with E-state index in [9.17, 15) is 0 Å². The van der Waals surface area contributed by atoms with E-state index in [1.54, 1.807) is 0 Å². The molecular weight excluding hydrogens is 1100 g/mol. The fourth-order valence-electron chi connectivity index (χ4n) is 15.2. The number of imidazole rings is 3. The van der Waals surface area contributed by atoms with E-state index >= 15 is 0 Å². The molecule has 0 aliphatic carbocycles. The molecule has 0 saturated carbocycles. The zero-order chi connectivity index (χ0) is 58.4. The van der Waals surface area contributed by atoms with Crippen molar-refractivity contribution < 1.29 is 0 Å². The number of aromatic nitrogens is 12. The summed E-state index contributed by atoms with van der Waals surface area (Å²) in [6, 6.07) is 78.6. The molecule has 90 heavy (non-hydrogen) atoms. The third kappa shape index (κ3) is 6.31. The first kappa shape index (κ1) is 47.7. The highest BCUT2D eigenvalue weighted by molar-refractivity contribution is 6.25. The molecule has 0 aliphatic rings. The van der Waals surface area contributed by atoms with Gasteiger partial charge in [0.15, 0.2) is 0 Å². The Hall–Kier alpha value is -12.5. The molecule has 12 nitrogen and oxygen atoms in total. The second kappa shape index (κ2) is 17.6. The molecule has 12 heterocycles. The minimum Gasteiger partial charge on any atom is -0.309 e. The molecule has 9 aromatic carbocycles. The van der Waals surface area contributed by atoms with Gasteiger partial charge in [-0.3, -0.25) is 28.2 Å². The Kier molecular flexibility index (Phi) is 9.30. The van der Waals surface area contributed by atoms with Crippen LogP contribution in [0.1, 0.15) is 0 Å². The number of para-hydroxylation sites is 6. The standard InChI is InChI=1S/C78H44N12/c1-4-16-45(17-5-1)87-67-26-14-12-24-51(67)58-37-71-59(38-70(58)87)55-35-63(65-44-86-69-39-72-57(34-56(69)48-30-31-79-40-60(48)78(86)84-65)50-23-11-13-25-66(50)88(72)46-18-6-2-7-19-46)81-42-62(55)77-83-43-73(90(71)77)64-36-54-53-29-28-52-49-22-10-15-27-68(49)89(47-20-8-3-9-21-47)75(52)74(53)85-33-32-80-76(85)61(54)41-82-64/h1-44H. The lowest BCUT2D eigenvalue weighted by atomic mass is 10.0. The summed E-state index contributed by atoms with van der Waals surface area (Å²) < 4.78 is 13.9. The van der Waals surface area contributed by atoms with E-state index in [2.05, 4.69) is 263 Å². The van der Waals surface area contributed by atoms with Crippen molar-refractivity contribution in [3.63, 3.8) is 0 Å². The van der Waals surface area contributed by atoms with Crippen molar-refractivity contribution in [3.8, 4) is 39.8 Å². The lowest BCUT2D eigenvalue weighted by Crippen LogP contribution is -1.99. The van der Waals surface area contributed by atoms with Crippen molar-refractivity contribution in [3.05, 3.63) is 268 Å². The van der Waals surface area contributed by atoms with E-state index in [-0.39, 0.29) is 0 Å². The zero-order valence-electron chi connectivity index (χ0n) is 47.8. The predicted octanol–water partition coefficient (Wildman–Crippen LogP) is 18.4.